The van der Waals surface area contributed by atoms with Gasteiger partial charge in [-0.15, -0.1) is 0 Å². The van der Waals surface area contributed by atoms with Crippen molar-refractivity contribution in [1.82, 2.24) is 5.32 Å². The maximum atomic E-state index is 12.9. The van der Waals surface area contributed by atoms with Crippen molar-refractivity contribution in [2.75, 3.05) is 11.5 Å². The highest BCUT2D eigenvalue weighted by Gasteiger charge is 2.03. The Morgan fingerprint density at radius 3 is 2.82 bits per heavy atom. The van der Waals surface area contributed by atoms with Crippen molar-refractivity contribution >= 4 is 11.8 Å². The average molecular weight is 255 g/mol. The van der Waals surface area contributed by atoms with Gasteiger partial charge in [0, 0.05) is 12.6 Å². The number of rotatable bonds is 7. The quantitative estimate of drug-likeness (QED) is 0.745. The molecule has 1 unspecified atom stereocenters. The van der Waals surface area contributed by atoms with Gasteiger partial charge in [-0.05, 0) is 55.0 Å². The van der Waals surface area contributed by atoms with Crippen LogP contribution in [0.15, 0.2) is 18.2 Å². The Balaban J connectivity index is 2.34. The normalized spacial score (nSPS) is 12.7. The molecule has 17 heavy (non-hydrogen) atoms. The summed E-state index contributed by atoms with van der Waals surface area (Å²) in [4.78, 5) is 0. The fraction of sp³-hybridized carbons (Fsp3) is 0.571. The predicted octanol–water partition coefficient (Wildman–Crippen LogP) is 3.76. The van der Waals surface area contributed by atoms with Crippen molar-refractivity contribution in [2.45, 2.75) is 39.8 Å². The summed E-state index contributed by atoms with van der Waals surface area (Å²) >= 11 is 1.97. The Hall–Kier alpha value is -0.540. The molecule has 0 fully saturated rings. The monoisotopic (exact) mass is 255 g/mol. The summed E-state index contributed by atoms with van der Waals surface area (Å²) in [6, 6.07) is 5.50. The summed E-state index contributed by atoms with van der Waals surface area (Å²) in [5.74, 6) is 2.23. The first-order valence-corrected chi connectivity index (χ1v) is 7.35. The molecule has 1 atom stereocenters. The van der Waals surface area contributed by atoms with Crippen LogP contribution in [0.1, 0.15) is 31.4 Å². The van der Waals surface area contributed by atoms with Crippen LogP contribution in [0.2, 0.25) is 0 Å². The molecule has 0 bridgehead atoms. The zero-order chi connectivity index (χ0) is 12.7. The molecule has 0 aliphatic heterocycles. The van der Waals surface area contributed by atoms with Crippen molar-refractivity contribution in [1.29, 1.82) is 0 Å². The topological polar surface area (TPSA) is 12.0 Å². The zero-order valence-corrected chi connectivity index (χ0v) is 11.7. The summed E-state index contributed by atoms with van der Waals surface area (Å²) in [6.45, 7) is 7.17. The van der Waals surface area contributed by atoms with Gasteiger partial charge < -0.3 is 5.32 Å². The van der Waals surface area contributed by atoms with Crippen molar-refractivity contribution in [2.24, 2.45) is 0 Å². The maximum Gasteiger partial charge on any atom is 0.123 e. The van der Waals surface area contributed by atoms with E-state index in [2.05, 4.69) is 19.2 Å². The Morgan fingerprint density at radius 2 is 2.18 bits per heavy atom. The molecule has 96 valence electrons. The molecule has 0 spiro atoms. The van der Waals surface area contributed by atoms with Crippen molar-refractivity contribution in [3.8, 4) is 0 Å². The number of benzene rings is 1. The first kappa shape index (κ1) is 14.5. The van der Waals surface area contributed by atoms with E-state index in [9.17, 15) is 4.39 Å². The Labute approximate surface area is 108 Å². The lowest BCUT2D eigenvalue weighted by Gasteiger charge is -2.14. The lowest BCUT2D eigenvalue weighted by atomic mass is 10.1. The van der Waals surface area contributed by atoms with E-state index in [-0.39, 0.29) is 5.82 Å². The number of nitrogens with one attached hydrogen (secondary N) is 1. The summed E-state index contributed by atoms with van der Waals surface area (Å²) < 4.78 is 12.9. The van der Waals surface area contributed by atoms with E-state index in [1.807, 2.05) is 24.8 Å². The zero-order valence-electron chi connectivity index (χ0n) is 10.9. The molecule has 3 heteroatoms. The van der Waals surface area contributed by atoms with Gasteiger partial charge in [-0.3, -0.25) is 0 Å². The van der Waals surface area contributed by atoms with Crippen LogP contribution in [0.25, 0.3) is 0 Å². The van der Waals surface area contributed by atoms with Gasteiger partial charge in [-0.2, -0.15) is 11.8 Å². The third-order valence-corrected chi connectivity index (χ3v) is 3.78. The smallest absolute Gasteiger partial charge is 0.123 e. The van der Waals surface area contributed by atoms with Gasteiger partial charge in [-0.1, -0.05) is 13.0 Å². The van der Waals surface area contributed by atoms with Gasteiger partial charge in [0.25, 0.3) is 0 Å². The summed E-state index contributed by atoms with van der Waals surface area (Å²) in [5, 5.41) is 3.48. The summed E-state index contributed by atoms with van der Waals surface area (Å²) in [6.07, 6.45) is 1.18. The van der Waals surface area contributed by atoms with Crippen LogP contribution in [0.4, 0.5) is 4.39 Å². The minimum absolute atomic E-state index is 0.154. The van der Waals surface area contributed by atoms with Crippen LogP contribution >= 0.6 is 11.8 Å². The van der Waals surface area contributed by atoms with E-state index in [1.54, 1.807) is 6.07 Å². The molecular weight excluding hydrogens is 233 g/mol. The molecule has 1 aromatic rings. The predicted molar refractivity (Wildman–Crippen MR) is 75.1 cm³/mol. The fourth-order valence-corrected chi connectivity index (χ4v) is 2.46. The Kier molecular flexibility index (Phi) is 6.60. The number of hydrogen-bond acceptors (Lipinski definition) is 2. The SMILES string of the molecule is CCSCCC(C)NCc1ccc(F)cc1C. The molecular formula is C14H22FNS. The lowest BCUT2D eigenvalue weighted by molar-refractivity contribution is 0.535. The van der Waals surface area contributed by atoms with Crippen LogP contribution in [0.5, 0.6) is 0 Å². The highest BCUT2D eigenvalue weighted by atomic mass is 32.2. The highest BCUT2D eigenvalue weighted by molar-refractivity contribution is 7.99. The van der Waals surface area contributed by atoms with Gasteiger partial charge in [0.1, 0.15) is 5.82 Å². The van der Waals surface area contributed by atoms with Crippen molar-refractivity contribution in [3.05, 3.63) is 35.1 Å². The molecule has 1 rings (SSSR count). The lowest BCUT2D eigenvalue weighted by Crippen LogP contribution is -2.26. The molecule has 1 nitrogen and oxygen atoms in total. The van der Waals surface area contributed by atoms with Crippen molar-refractivity contribution in [3.63, 3.8) is 0 Å². The minimum Gasteiger partial charge on any atom is -0.310 e. The van der Waals surface area contributed by atoms with Gasteiger partial charge in [0.15, 0.2) is 0 Å². The highest BCUT2D eigenvalue weighted by Crippen LogP contribution is 2.10. The number of halogens is 1. The summed E-state index contributed by atoms with van der Waals surface area (Å²) in [7, 11) is 0. The van der Waals surface area contributed by atoms with Crippen molar-refractivity contribution < 1.29 is 4.39 Å². The Bertz CT molecular complexity index is 341. The van der Waals surface area contributed by atoms with E-state index >= 15 is 0 Å². The van der Waals surface area contributed by atoms with Gasteiger partial charge >= 0.3 is 0 Å². The largest absolute Gasteiger partial charge is 0.310 e. The molecule has 0 saturated heterocycles. The molecule has 0 aliphatic rings. The van der Waals surface area contributed by atoms with Gasteiger partial charge in [0.2, 0.25) is 0 Å². The second-order valence-corrected chi connectivity index (χ2v) is 5.73. The first-order chi connectivity index (χ1) is 8.13. The molecule has 0 heterocycles. The molecule has 0 aromatic heterocycles. The van der Waals surface area contributed by atoms with E-state index in [4.69, 9.17) is 0 Å². The van der Waals surface area contributed by atoms with E-state index < -0.39 is 0 Å². The number of thioether (sulfide) groups is 1. The van der Waals surface area contributed by atoms with Crippen LogP contribution < -0.4 is 5.32 Å². The number of hydrogen-bond donors (Lipinski definition) is 1. The second-order valence-electron chi connectivity index (χ2n) is 4.34. The van der Waals surface area contributed by atoms with E-state index in [0.29, 0.717) is 6.04 Å². The third kappa shape index (κ3) is 5.55. The molecule has 1 N–H and O–H groups in total. The molecule has 0 amide bonds. The second kappa shape index (κ2) is 7.72. The number of aryl methyl sites for hydroxylation is 1. The van der Waals surface area contributed by atoms with Gasteiger partial charge in [0.05, 0.1) is 0 Å². The first-order valence-electron chi connectivity index (χ1n) is 6.19. The molecule has 0 radical (unpaired) electrons. The minimum atomic E-state index is -0.154. The van der Waals surface area contributed by atoms with E-state index in [0.717, 1.165) is 12.1 Å². The molecule has 0 aliphatic carbocycles. The average Bonchev–Trinajstić information content (AvgIpc) is 2.28. The maximum absolute atomic E-state index is 12.9. The molecule has 0 saturated carbocycles. The van der Waals surface area contributed by atoms with Crippen LogP contribution in [-0.4, -0.2) is 17.5 Å². The van der Waals surface area contributed by atoms with Crippen LogP contribution in [-0.2, 0) is 6.54 Å². The Morgan fingerprint density at radius 1 is 1.41 bits per heavy atom. The summed E-state index contributed by atoms with van der Waals surface area (Å²) in [5.41, 5.74) is 2.20. The molecule has 1 aromatic carbocycles. The van der Waals surface area contributed by atoms with E-state index in [1.165, 1.54) is 29.6 Å². The van der Waals surface area contributed by atoms with Crippen LogP contribution in [0.3, 0.4) is 0 Å². The standard InChI is InChI=1S/C14H22FNS/c1-4-17-8-7-12(3)16-10-13-5-6-14(15)9-11(13)2/h5-6,9,12,16H,4,7-8,10H2,1-3H3. The van der Waals surface area contributed by atoms with Crippen LogP contribution in [0, 0.1) is 12.7 Å². The fourth-order valence-electron chi connectivity index (χ4n) is 1.65. The third-order valence-electron chi connectivity index (χ3n) is 2.84. The van der Waals surface area contributed by atoms with Gasteiger partial charge in [-0.25, -0.2) is 4.39 Å².